The third-order valence-corrected chi connectivity index (χ3v) is 6.47. The molecule has 7 heteroatoms. The Morgan fingerprint density at radius 1 is 1.09 bits per heavy atom. The van der Waals surface area contributed by atoms with Crippen LogP contribution in [0.3, 0.4) is 0 Å². The number of carbonyl (C=O) groups is 2. The number of nitrogens with zero attached hydrogens (tertiary/aromatic N) is 2. The minimum atomic E-state index is -0.679. The van der Waals surface area contributed by atoms with Crippen molar-refractivity contribution in [3.05, 3.63) is 77.1 Å². The normalized spacial score (nSPS) is 20.4. The molecule has 2 unspecified atom stereocenters. The Hall–Kier alpha value is -3.71. The highest BCUT2D eigenvalue weighted by Crippen LogP contribution is 2.41. The van der Waals surface area contributed by atoms with Gasteiger partial charge in [0, 0.05) is 22.9 Å². The van der Waals surface area contributed by atoms with Crippen LogP contribution in [0.5, 0.6) is 0 Å². The van der Waals surface area contributed by atoms with Crippen LogP contribution in [-0.2, 0) is 22.6 Å². The van der Waals surface area contributed by atoms with Crippen molar-refractivity contribution in [2.75, 3.05) is 4.90 Å². The number of amides is 1. The maximum atomic E-state index is 13.1. The third-order valence-electron chi connectivity index (χ3n) is 6.47. The van der Waals surface area contributed by atoms with Gasteiger partial charge < -0.3 is 14.7 Å². The predicted octanol–water partition coefficient (Wildman–Crippen LogP) is 3.67. The Morgan fingerprint density at radius 2 is 1.84 bits per heavy atom. The lowest BCUT2D eigenvalue weighted by Gasteiger charge is -2.33. The zero-order valence-electron chi connectivity index (χ0n) is 17.5. The van der Waals surface area contributed by atoms with Crippen LogP contribution >= 0.6 is 0 Å². The first-order valence-corrected chi connectivity index (χ1v) is 10.6. The van der Waals surface area contributed by atoms with Gasteiger partial charge in [-0.3, -0.25) is 14.5 Å². The molecule has 1 saturated heterocycles. The van der Waals surface area contributed by atoms with Crippen molar-refractivity contribution in [3.8, 4) is 11.3 Å². The standard InChI is InChI=1S/C25H22N2O5/c1-2-14-11-18-12-16(3-4-17(18)13-28)23(29)21-22(14)27(25(31)24(21)30)19-7-5-15(6-8-19)20-9-10-32-26-20/h3-10,12,14,22,28-29H,2,11,13H2,1H3. The van der Waals surface area contributed by atoms with E-state index in [1.807, 2.05) is 19.1 Å². The van der Waals surface area contributed by atoms with Crippen molar-refractivity contribution in [2.45, 2.75) is 32.4 Å². The fraction of sp³-hybridized carbons (Fsp3) is 0.240. The molecule has 1 aliphatic carbocycles. The molecular weight excluding hydrogens is 408 g/mol. The molecule has 1 aromatic heterocycles. The molecule has 0 spiro atoms. The number of rotatable bonds is 4. The van der Waals surface area contributed by atoms with Gasteiger partial charge in [-0.1, -0.05) is 42.8 Å². The van der Waals surface area contributed by atoms with Gasteiger partial charge in [-0.15, -0.1) is 0 Å². The fourth-order valence-corrected chi connectivity index (χ4v) is 4.78. The molecule has 7 nitrogen and oxygen atoms in total. The van der Waals surface area contributed by atoms with Crippen LogP contribution in [-0.4, -0.2) is 33.1 Å². The Kier molecular flexibility index (Phi) is 4.90. The van der Waals surface area contributed by atoms with Crippen molar-refractivity contribution < 1.29 is 24.3 Å². The Bertz CT molecular complexity index is 1230. The van der Waals surface area contributed by atoms with Gasteiger partial charge in [-0.05, 0) is 41.7 Å². The van der Waals surface area contributed by atoms with Crippen LogP contribution in [0.1, 0.15) is 30.0 Å². The van der Waals surface area contributed by atoms with Gasteiger partial charge in [0.25, 0.3) is 11.7 Å². The smallest absolute Gasteiger partial charge is 0.299 e. The fourth-order valence-electron chi connectivity index (χ4n) is 4.78. The van der Waals surface area contributed by atoms with Gasteiger partial charge >= 0.3 is 0 Å². The lowest BCUT2D eigenvalue weighted by molar-refractivity contribution is -0.132. The summed E-state index contributed by atoms with van der Waals surface area (Å²) >= 11 is 0. The van der Waals surface area contributed by atoms with Gasteiger partial charge in [0.2, 0.25) is 0 Å². The van der Waals surface area contributed by atoms with Crippen molar-refractivity contribution in [3.63, 3.8) is 0 Å². The molecule has 2 bridgehead atoms. The molecule has 1 aliphatic heterocycles. The summed E-state index contributed by atoms with van der Waals surface area (Å²) in [5.74, 6) is -1.61. The highest BCUT2D eigenvalue weighted by atomic mass is 16.5. The van der Waals surface area contributed by atoms with Crippen LogP contribution < -0.4 is 4.90 Å². The number of hydrogen-bond acceptors (Lipinski definition) is 6. The molecule has 3 aromatic rings. The van der Waals surface area contributed by atoms with E-state index in [2.05, 4.69) is 5.16 Å². The molecule has 5 rings (SSSR count). The maximum Gasteiger partial charge on any atom is 0.299 e. The summed E-state index contributed by atoms with van der Waals surface area (Å²) in [4.78, 5) is 27.7. The summed E-state index contributed by atoms with van der Waals surface area (Å²) in [7, 11) is 0. The average Bonchev–Trinajstić information content (AvgIpc) is 3.44. The zero-order chi connectivity index (χ0) is 22.4. The minimum absolute atomic E-state index is 0.112. The minimum Gasteiger partial charge on any atom is -0.507 e. The molecule has 2 atom stereocenters. The topological polar surface area (TPSA) is 104 Å². The van der Waals surface area contributed by atoms with Gasteiger partial charge in [0.1, 0.15) is 17.7 Å². The van der Waals surface area contributed by atoms with Crippen molar-refractivity contribution >= 4 is 23.1 Å². The van der Waals surface area contributed by atoms with Crippen LogP contribution in [0.2, 0.25) is 0 Å². The molecule has 1 fully saturated rings. The zero-order valence-corrected chi connectivity index (χ0v) is 17.5. The van der Waals surface area contributed by atoms with Crippen molar-refractivity contribution in [1.82, 2.24) is 5.16 Å². The largest absolute Gasteiger partial charge is 0.507 e. The van der Waals surface area contributed by atoms with Crippen LogP contribution in [0.4, 0.5) is 5.69 Å². The molecular formula is C25H22N2O5. The first kappa shape index (κ1) is 20.2. The monoisotopic (exact) mass is 430 g/mol. The van der Waals surface area contributed by atoms with Gasteiger partial charge in [0.15, 0.2) is 0 Å². The number of benzene rings is 2. The van der Waals surface area contributed by atoms with E-state index < -0.39 is 17.7 Å². The average molecular weight is 430 g/mol. The van der Waals surface area contributed by atoms with Crippen LogP contribution in [0.15, 0.2) is 64.9 Å². The van der Waals surface area contributed by atoms with E-state index in [0.29, 0.717) is 29.8 Å². The number of hydrogen-bond donors (Lipinski definition) is 2. The van der Waals surface area contributed by atoms with Gasteiger partial charge in [-0.25, -0.2) is 0 Å². The molecule has 0 radical (unpaired) electrons. The molecule has 162 valence electrons. The number of aromatic nitrogens is 1. The lowest BCUT2D eigenvalue weighted by Crippen LogP contribution is -2.40. The molecule has 2 N–H and O–H groups in total. The molecule has 2 aliphatic rings. The number of aliphatic hydroxyl groups is 2. The van der Waals surface area contributed by atoms with E-state index in [0.717, 1.165) is 16.7 Å². The maximum absolute atomic E-state index is 13.1. The Labute approximate surface area is 184 Å². The number of Topliss-reactive ketones (excluding diaryl/α,β-unsaturated/α-hetero) is 1. The van der Waals surface area contributed by atoms with E-state index in [-0.39, 0.29) is 23.9 Å². The molecule has 2 heterocycles. The summed E-state index contributed by atoms with van der Waals surface area (Å²) in [6.07, 6.45) is 2.75. The number of ketones is 1. The lowest BCUT2D eigenvalue weighted by atomic mass is 9.81. The van der Waals surface area contributed by atoms with Crippen molar-refractivity contribution in [1.29, 1.82) is 0 Å². The Morgan fingerprint density at radius 3 is 2.50 bits per heavy atom. The van der Waals surface area contributed by atoms with E-state index in [4.69, 9.17) is 4.52 Å². The van der Waals surface area contributed by atoms with E-state index in [1.165, 1.54) is 11.2 Å². The highest BCUT2D eigenvalue weighted by Gasteiger charge is 2.49. The van der Waals surface area contributed by atoms with E-state index >= 15 is 0 Å². The summed E-state index contributed by atoms with van der Waals surface area (Å²) in [6.45, 7) is 1.89. The number of carbonyl (C=O) groups excluding carboxylic acids is 2. The van der Waals surface area contributed by atoms with E-state index in [9.17, 15) is 19.8 Å². The summed E-state index contributed by atoms with van der Waals surface area (Å²) < 4.78 is 4.90. The predicted molar refractivity (Wildman–Crippen MR) is 118 cm³/mol. The second-order valence-electron chi connectivity index (χ2n) is 8.16. The molecule has 0 saturated carbocycles. The van der Waals surface area contributed by atoms with Gasteiger partial charge in [-0.2, -0.15) is 0 Å². The van der Waals surface area contributed by atoms with Gasteiger partial charge in [0.05, 0.1) is 18.2 Å². The highest BCUT2D eigenvalue weighted by molar-refractivity contribution is 6.51. The number of fused-ring (bicyclic) bond motifs is 3. The first-order valence-electron chi connectivity index (χ1n) is 10.6. The molecule has 1 amide bonds. The Balaban J connectivity index is 1.63. The summed E-state index contributed by atoms with van der Waals surface area (Å²) in [5, 5.41) is 24.7. The molecule has 2 aromatic carbocycles. The second kappa shape index (κ2) is 7.76. The van der Waals surface area contributed by atoms with Crippen LogP contribution in [0, 0.1) is 5.92 Å². The quantitative estimate of drug-likeness (QED) is 0.612. The number of aliphatic hydroxyl groups excluding tert-OH is 2. The SMILES string of the molecule is CCC1Cc2cc(ccc2CO)C(O)=C2C(=O)C(=O)N(c3ccc(-c4ccon4)cc3)C21. The third kappa shape index (κ3) is 3.05. The summed E-state index contributed by atoms with van der Waals surface area (Å²) in [6, 6.07) is 13.6. The number of anilines is 1. The van der Waals surface area contributed by atoms with Crippen LogP contribution in [0.25, 0.3) is 17.0 Å². The first-order chi connectivity index (χ1) is 15.5. The van der Waals surface area contributed by atoms with E-state index in [1.54, 1.807) is 36.4 Å². The second-order valence-corrected chi connectivity index (χ2v) is 8.16. The summed E-state index contributed by atoms with van der Waals surface area (Å²) in [5.41, 5.74) is 4.39. The van der Waals surface area contributed by atoms with Crippen molar-refractivity contribution in [2.24, 2.45) is 5.92 Å². The molecule has 32 heavy (non-hydrogen) atoms.